The van der Waals surface area contributed by atoms with Crippen LogP contribution in [0.1, 0.15) is 15.9 Å². The van der Waals surface area contributed by atoms with Crippen LogP contribution in [-0.2, 0) is 11.2 Å². The van der Waals surface area contributed by atoms with Crippen molar-refractivity contribution in [1.29, 1.82) is 0 Å². The summed E-state index contributed by atoms with van der Waals surface area (Å²) < 4.78 is 16.1. The van der Waals surface area contributed by atoms with Gasteiger partial charge in [-0.3, -0.25) is 9.69 Å². The molecule has 0 radical (unpaired) electrons. The van der Waals surface area contributed by atoms with E-state index in [1.54, 1.807) is 28.0 Å². The van der Waals surface area contributed by atoms with E-state index >= 15 is 0 Å². The van der Waals surface area contributed by atoms with Crippen LogP contribution in [0.25, 0.3) is 0 Å². The fourth-order valence-corrected chi connectivity index (χ4v) is 4.22. The Balaban J connectivity index is 1.41. The van der Waals surface area contributed by atoms with Crippen molar-refractivity contribution in [3.8, 4) is 11.5 Å². The second-order valence-corrected chi connectivity index (χ2v) is 7.39. The summed E-state index contributed by atoms with van der Waals surface area (Å²) in [6.45, 7) is 1.82. The van der Waals surface area contributed by atoms with Crippen molar-refractivity contribution in [2.24, 2.45) is 0 Å². The lowest BCUT2D eigenvalue weighted by Gasteiger charge is -2.44. The molecule has 2 amide bonds. The molecule has 0 saturated carbocycles. The quantitative estimate of drug-likeness (QED) is 0.817. The zero-order chi connectivity index (χ0) is 19.1. The second kappa shape index (κ2) is 6.44. The van der Waals surface area contributed by atoms with Crippen LogP contribution in [0, 0.1) is 0 Å². The fraction of sp³-hybridized carbons (Fsp3) is 0.333. The molecule has 0 bridgehead atoms. The molecule has 3 heterocycles. The number of nitrogens with zero attached hydrogens (tertiary/aromatic N) is 2. The molecule has 7 heteroatoms. The first-order chi connectivity index (χ1) is 13.6. The van der Waals surface area contributed by atoms with Gasteiger partial charge in [-0.1, -0.05) is 30.3 Å². The highest BCUT2D eigenvalue weighted by atomic mass is 16.7. The number of piperazine rings is 1. The predicted molar refractivity (Wildman–Crippen MR) is 99.4 cm³/mol. The maximum Gasteiger partial charge on any atom is 0.410 e. The maximum atomic E-state index is 13.1. The molecule has 1 unspecified atom stereocenters. The number of carbonyl (C=O) groups excluding carboxylic acids is 2. The molecule has 2 aromatic rings. The molecular formula is C21H20N2O5. The van der Waals surface area contributed by atoms with Gasteiger partial charge in [0.1, 0.15) is 12.1 Å². The summed E-state index contributed by atoms with van der Waals surface area (Å²) >= 11 is 0. The van der Waals surface area contributed by atoms with Crippen molar-refractivity contribution < 1.29 is 23.8 Å². The number of cyclic esters (lactones) is 1. The molecule has 1 atom stereocenters. The molecule has 2 aromatic carbocycles. The van der Waals surface area contributed by atoms with Crippen LogP contribution in [0.5, 0.6) is 11.5 Å². The monoisotopic (exact) mass is 380 g/mol. The van der Waals surface area contributed by atoms with E-state index in [4.69, 9.17) is 14.2 Å². The summed E-state index contributed by atoms with van der Waals surface area (Å²) in [7, 11) is 0. The number of hydrogen-bond acceptors (Lipinski definition) is 5. The van der Waals surface area contributed by atoms with Gasteiger partial charge in [-0.25, -0.2) is 4.79 Å². The molecule has 2 saturated heterocycles. The van der Waals surface area contributed by atoms with Crippen molar-refractivity contribution in [3.63, 3.8) is 0 Å². The van der Waals surface area contributed by atoms with Crippen molar-refractivity contribution in [2.75, 3.05) is 33.0 Å². The molecule has 3 aliphatic rings. The van der Waals surface area contributed by atoms with Crippen LogP contribution < -0.4 is 9.47 Å². The van der Waals surface area contributed by atoms with Gasteiger partial charge < -0.3 is 19.1 Å². The number of hydrogen-bond donors (Lipinski definition) is 0. The Labute approximate surface area is 162 Å². The minimum absolute atomic E-state index is 0.0789. The van der Waals surface area contributed by atoms with Gasteiger partial charge in [-0.15, -0.1) is 0 Å². The summed E-state index contributed by atoms with van der Waals surface area (Å²) in [5, 5.41) is 0. The third-order valence-corrected chi connectivity index (χ3v) is 5.62. The summed E-state index contributed by atoms with van der Waals surface area (Å²) in [6.07, 6.45) is 0.343. The van der Waals surface area contributed by atoms with Gasteiger partial charge >= 0.3 is 6.09 Å². The Bertz CT molecular complexity index is 932. The Hall–Kier alpha value is -3.22. The fourth-order valence-electron chi connectivity index (χ4n) is 4.22. The predicted octanol–water partition coefficient (Wildman–Crippen LogP) is 2.30. The van der Waals surface area contributed by atoms with Gasteiger partial charge in [-0.2, -0.15) is 0 Å². The average molecular weight is 380 g/mol. The van der Waals surface area contributed by atoms with Crippen LogP contribution in [0.3, 0.4) is 0 Å². The number of fused-ring (bicyclic) bond motifs is 2. The number of amides is 2. The third-order valence-electron chi connectivity index (χ3n) is 5.62. The number of ether oxygens (including phenoxy) is 3. The maximum absolute atomic E-state index is 13.1. The highest BCUT2D eigenvalue weighted by Crippen LogP contribution is 2.35. The van der Waals surface area contributed by atoms with Gasteiger partial charge in [0.2, 0.25) is 6.79 Å². The minimum atomic E-state index is -0.539. The summed E-state index contributed by atoms with van der Waals surface area (Å²) in [5.74, 6) is 1.16. The molecule has 3 aliphatic heterocycles. The van der Waals surface area contributed by atoms with E-state index in [0.717, 1.165) is 5.56 Å². The Morgan fingerprint density at radius 1 is 1.00 bits per heavy atom. The van der Waals surface area contributed by atoms with Gasteiger partial charge in [0, 0.05) is 31.6 Å². The lowest BCUT2D eigenvalue weighted by atomic mass is 9.88. The van der Waals surface area contributed by atoms with Gasteiger partial charge in [0.05, 0.1) is 0 Å². The van der Waals surface area contributed by atoms with E-state index in [9.17, 15) is 9.59 Å². The van der Waals surface area contributed by atoms with Crippen LogP contribution in [0.15, 0.2) is 48.5 Å². The first-order valence-electron chi connectivity index (χ1n) is 9.32. The van der Waals surface area contributed by atoms with E-state index in [0.29, 0.717) is 43.1 Å². The summed E-state index contributed by atoms with van der Waals surface area (Å²) in [4.78, 5) is 29.0. The lowest BCUT2D eigenvalue weighted by molar-refractivity contribution is 0.0375. The Morgan fingerprint density at radius 3 is 2.68 bits per heavy atom. The summed E-state index contributed by atoms with van der Waals surface area (Å²) in [6, 6.07) is 15.2. The van der Waals surface area contributed by atoms with Crippen molar-refractivity contribution >= 4 is 12.0 Å². The molecule has 0 spiro atoms. The van der Waals surface area contributed by atoms with Gasteiger partial charge in [0.15, 0.2) is 11.5 Å². The standard InChI is InChI=1S/C21H20N2O5/c24-19(16-6-7-17-18(10-16)28-14-27-17)22-8-9-23-20(25)26-13-21(23,12-22)11-15-4-2-1-3-5-15/h1-7,10H,8-9,11-14H2. The first kappa shape index (κ1) is 16.9. The topological polar surface area (TPSA) is 68.3 Å². The Morgan fingerprint density at radius 2 is 1.82 bits per heavy atom. The van der Waals surface area contributed by atoms with Crippen molar-refractivity contribution in [2.45, 2.75) is 12.0 Å². The molecule has 0 N–H and O–H groups in total. The van der Waals surface area contributed by atoms with Crippen LogP contribution in [0.2, 0.25) is 0 Å². The molecule has 28 heavy (non-hydrogen) atoms. The smallest absolute Gasteiger partial charge is 0.410 e. The summed E-state index contributed by atoms with van der Waals surface area (Å²) in [5.41, 5.74) is 1.13. The van der Waals surface area contributed by atoms with Crippen molar-refractivity contribution in [1.82, 2.24) is 9.80 Å². The first-order valence-corrected chi connectivity index (χ1v) is 9.32. The molecule has 7 nitrogen and oxygen atoms in total. The van der Waals surface area contributed by atoms with Gasteiger partial charge in [-0.05, 0) is 23.8 Å². The zero-order valence-corrected chi connectivity index (χ0v) is 15.3. The molecule has 0 aromatic heterocycles. The lowest BCUT2D eigenvalue weighted by Crippen LogP contribution is -2.63. The van der Waals surface area contributed by atoms with E-state index < -0.39 is 5.54 Å². The van der Waals surface area contributed by atoms with E-state index in [2.05, 4.69) is 0 Å². The molecular weight excluding hydrogens is 360 g/mol. The zero-order valence-electron chi connectivity index (χ0n) is 15.3. The highest BCUT2D eigenvalue weighted by Gasteiger charge is 2.51. The third kappa shape index (κ3) is 2.74. The second-order valence-electron chi connectivity index (χ2n) is 7.39. The molecule has 5 rings (SSSR count). The van der Waals surface area contributed by atoms with Crippen LogP contribution >= 0.6 is 0 Å². The van der Waals surface area contributed by atoms with Crippen molar-refractivity contribution in [3.05, 3.63) is 59.7 Å². The van der Waals surface area contributed by atoms with E-state index in [1.165, 1.54) is 0 Å². The van der Waals surface area contributed by atoms with Gasteiger partial charge in [0.25, 0.3) is 5.91 Å². The normalized spacial score (nSPS) is 22.8. The van der Waals surface area contributed by atoms with Crippen LogP contribution in [-0.4, -0.2) is 60.4 Å². The van der Waals surface area contributed by atoms with E-state index in [-0.39, 0.29) is 25.4 Å². The largest absolute Gasteiger partial charge is 0.454 e. The minimum Gasteiger partial charge on any atom is -0.454 e. The molecule has 2 fully saturated rings. The number of benzene rings is 2. The number of rotatable bonds is 3. The molecule has 0 aliphatic carbocycles. The Kier molecular flexibility index (Phi) is 3.89. The SMILES string of the molecule is O=C(c1ccc2c(c1)OCO2)N1CCN2C(=O)OCC2(Cc2ccccc2)C1. The average Bonchev–Trinajstić information content (AvgIpc) is 3.32. The number of carbonyl (C=O) groups is 2. The van der Waals surface area contributed by atoms with E-state index in [1.807, 2.05) is 30.3 Å². The van der Waals surface area contributed by atoms with Crippen LogP contribution in [0.4, 0.5) is 4.79 Å². The molecule has 144 valence electrons. The highest BCUT2D eigenvalue weighted by molar-refractivity contribution is 5.95.